The number of halogens is 5. The van der Waals surface area contributed by atoms with Crippen molar-refractivity contribution in [2.24, 2.45) is 5.92 Å². The third-order valence-corrected chi connectivity index (χ3v) is 7.46. The summed E-state index contributed by atoms with van der Waals surface area (Å²) in [5.41, 5.74) is -1.74. The van der Waals surface area contributed by atoms with Crippen molar-refractivity contribution in [1.29, 1.82) is 0 Å². The number of hydrogen-bond donors (Lipinski definition) is 2. The number of aryl methyl sites for hydroxylation is 1. The number of benzene rings is 1. The van der Waals surface area contributed by atoms with Crippen molar-refractivity contribution in [3.63, 3.8) is 0 Å². The molecule has 222 valence electrons. The van der Waals surface area contributed by atoms with E-state index in [0.29, 0.717) is 0 Å². The fourth-order valence-corrected chi connectivity index (χ4v) is 4.95. The van der Waals surface area contributed by atoms with Gasteiger partial charge >= 0.3 is 12.1 Å². The fourth-order valence-electron chi connectivity index (χ4n) is 4.24. The van der Waals surface area contributed by atoms with Crippen LogP contribution >= 0.6 is 11.6 Å². The van der Waals surface area contributed by atoms with Gasteiger partial charge in [0.25, 0.3) is 5.56 Å². The summed E-state index contributed by atoms with van der Waals surface area (Å²) in [7, 11) is -3.55. The molecule has 1 atom stereocenters. The Morgan fingerprint density at radius 3 is 2.52 bits per heavy atom. The van der Waals surface area contributed by atoms with Crippen molar-refractivity contribution in [2.45, 2.75) is 19.6 Å². The molecule has 2 aromatic heterocycles. The van der Waals surface area contributed by atoms with Gasteiger partial charge in [0.2, 0.25) is 5.95 Å². The molecule has 0 bridgehead atoms. The normalized spacial score (nSPS) is 15.6. The number of sulfone groups is 1. The van der Waals surface area contributed by atoms with Gasteiger partial charge in [0.15, 0.2) is 5.82 Å². The molecule has 3 heterocycles. The number of aromatic carboxylic acids is 1. The minimum atomic E-state index is -4.68. The van der Waals surface area contributed by atoms with Crippen LogP contribution in [0.1, 0.15) is 17.3 Å². The van der Waals surface area contributed by atoms with Crippen LogP contribution in [0.5, 0.6) is 0 Å². The third-order valence-electron chi connectivity index (χ3n) is 6.25. The van der Waals surface area contributed by atoms with Crippen LogP contribution in [0.3, 0.4) is 0 Å². The van der Waals surface area contributed by atoms with E-state index in [2.05, 4.69) is 21.9 Å². The number of aromatic nitrogens is 3. The van der Waals surface area contributed by atoms with E-state index >= 15 is 0 Å². The molecule has 0 saturated heterocycles. The van der Waals surface area contributed by atoms with E-state index in [9.17, 15) is 40.7 Å². The summed E-state index contributed by atoms with van der Waals surface area (Å²) >= 11 is 5.84. The number of allylic oxidation sites excluding steroid dienone is 2. The second-order valence-electron chi connectivity index (χ2n) is 9.41. The first-order valence-electron chi connectivity index (χ1n) is 12.0. The van der Waals surface area contributed by atoms with E-state index in [-0.39, 0.29) is 39.3 Å². The number of nitrogens with one attached hydrogen (secondary N) is 1. The molecule has 1 unspecified atom stereocenters. The molecular formula is C26H22ClF4N5O5S. The van der Waals surface area contributed by atoms with E-state index in [1.807, 2.05) is 0 Å². The summed E-state index contributed by atoms with van der Waals surface area (Å²) < 4.78 is 79.3. The molecule has 3 aromatic rings. The van der Waals surface area contributed by atoms with Crippen LogP contribution in [0.4, 0.5) is 35.0 Å². The molecule has 0 fully saturated rings. The van der Waals surface area contributed by atoms with Crippen LogP contribution in [0.15, 0.2) is 65.5 Å². The molecule has 42 heavy (non-hydrogen) atoms. The van der Waals surface area contributed by atoms with E-state index in [4.69, 9.17) is 11.6 Å². The maximum atomic E-state index is 13.8. The second kappa shape index (κ2) is 11.2. The number of carboxylic acid groups (broad SMARTS) is 1. The lowest BCUT2D eigenvalue weighted by Gasteiger charge is -2.26. The number of anilines is 3. The van der Waals surface area contributed by atoms with E-state index in [0.717, 1.165) is 33.9 Å². The molecule has 1 aromatic carbocycles. The summed E-state index contributed by atoms with van der Waals surface area (Å²) in [6.07, 6.45) is -0.437. The van der Waals surface area contributed by atoms with Gasteiger partial charge in [-0.05, 0) is 37.3 Å². The molecule has 1 aliphatic rings. The van der Waals surface area contributed by atoms with Gasteiger partial charge in [0.05, 0.1) is 10.8 Å². The predicted molar refractivity (Wildman–Crippen MR) is 148 cm³/mol. The van der Waals surface area contributed by atoms with Crippen molar-refractivity contribution < 1.29 is 35.9 Å². The maximum absolute atomic E-state index is 13.8. The van der Waals surface area contributed by atoms with E-state index in [1.54, 1.807) is 0 Å². The van der Waals surface area contributed by atoms with Gasteiger partial charge in [0.1, 0.15) is 27.1 Å². The van der Waals surface area contributed by atoms with Crippen molar-refractivity contribution in [3.05, 3.63) is 87.5 Å². The molecule has 0 radical (unpaired) electrons. The molecule has 0 spiro atoms. The maximum Gasteiger partial charge on any atom is 0.400 e. The molecule has 16 heteroatoms. The summed E-state index contributed by atoms with van der Waals surface area (Å²) in [4.78, 5) is 34.3. The topological polar surface area (TPSA) is 134 Å². The Bertz CT molecular complexity index is 1810. The quantitative estimate of drug-likeness (QED) is 0.331. The number of hydrogen-bond acceptors (Lipinski definition) is 8. The zero-order valence-corrected chi connectivity index (χ0v) is 23.5. The summed E-state index contributed by atoms with van der Waals surface area (Å²) in [6, 6.07) is 4.64. The van der Waals surface area contributed by atoms with Crippen LogP contribution < -0.4 is 15.8 Å². The Labute approximate surface area is 241 Å². The van der Waals surface area contributed by atoms with Gasteiger partial charge in [-0.25, -0.2) is 22.6 Å². The highest BCUT2D eigenvalue weighted by atomic mass is 35.5. The third kappa shape index (κ3) is 6.46. The Morgan fingerprint density at radius 2 is 1.95 bits per heavy atom. The number of alkyl halides is 3. The van der Waals surface area contributed by atoms with Crippen LogP contribution in [0.25, 0.3) is 11.1 Å². The predicted octanol–water partition coefficient (Wildman–Crippen LogP) is 5.00. The van der Waals surface area contributed by atoms with Gasteiger partial charge < -0.3 is 19.9 Å². The molecule has 0 amide bonds. The molecule has 2 N–H and O–H groups in total. The molecule has 4 rings (SSSR count). The van der Waals surface area contributed by atoms with Crippen LogP contribution in [-0.2, 0) is 16.4 Å². The zero-order chi connectivity index (χ0) is 31.1. The van der Waals surface area contributed by atoms with Gasteiger partial charge in [-0.2, -0.15) is 18.2 Å². The first-order chi connectivity index (χ1) is 19.5. The summed E-state index contributed by atoms with van der Waals surface area (Å²) in [5, 5.41) is 12.2. The zero-order valence-electron chi connectivity index (χ0n) is 21.9. The minimum absolute atomic E-state index is 0.00272. The van der Waals surface area contributed by atoms with Crippen molar-refractivity contribution in [1.82, 2.24) is 14.5 Å². The van der Waals surface area contributed by atoms with Crippen molar-refractivity contribution in [2.75, 3.05) is 22.2 Å². The van der Waals surface area contributed by atoms with Gasteiger partial charge in [0, 0.05) is 53.4 Å². The molecule has 0 aliphatic carbocycles. The van der Waals surface area contributed by atoms with E-state index in [1.165, 1.54) is 31.5 Å². The minimum Gasteiger partial charge on any atom is -0.477 e. The highest BCUT2D eigenvalue weighted by Gasteiger charge is 2.46. The lowest BCUT2D eigenvalue weighted by molar-refractivity contribution is -0.150. The van der Waals surface area contributed by atoms with Crippen molar-refractivity contribution in [3.8, 4) is 11.1 Å². The highest BCUT2D eigenvalue weighted by molar-refractivity contribution is 7.90. The van der Waals surface area contributed by atoms with Gasteiger partial charge in [-0.3, -0.25) is 4.79 Å². The molecular weight excluding hydrogens is 606 g/mol. The summed E-state index contributed by atoms with van der Waals surface area (Å²) in [6.45, 7) is 4.62. The van der Waals surface area contributed by atoms with E-state index < -0.39 is 62.8 Å². The average Bonchev–Trinajstić information content (AvgIpc) is 3.19. The highest BCUT2D eigenvalue weighted by Crippen LogP contribution is 2.45. The first kappa shape index (κ1) is 30.7. The number of carbonyl (C=O) groups is 1. The largest absolute Gasteiger partial charge is 0.477 e. The van der Waals surface area contributed by atoms with Gasteiger partial charge in [-0.15, -0.1) is 0 Å². The lowest BCUT2D eigenvalue weighted by Crippen LogP contribution is -2.29. The van der Waals surface area contributed by atoms with Crippen LogP contribution in [0.2, 0.25) is 5.02 Å². The standard InChI is InChI=1S/C26H22ClF4N5O5S/c1-13-8-19(26(29,30)31)14(2)36(13)22-18(11-32-25(34-22)33-16-4-5-21(28)20(27)10-16)15-9-17(24(38)39)23(37)35(12-15)6-7-42(3,40)41/h4-5,8-12,19H,2,6-7H2,1,3H3,(H,38,39)(H,32,33,34). The van der Waals surface area contributed by atoms with Crippen molar-refractivity contribution >= 4 is 44.9 Å². The summed E-state index contributed by atoms with van der Waals surface area (Å²) in [5.74, 6) is -5.13. The van der Waals surface area contributed by atoms with Crippen LogP contribution in [-0.4, -0.2) is 52.2 Å². The van der Waals surface area contributed by atoms with Crippen LogP contribution in [0, 0.1) is 11.7 Å². The molecule has 0 saturated carbocycles. The number of carboxylic acids is 1. The smallest absolute Gasteiger partial charge is 0.400 e. The lowest BCUT2D eigenvalue weighted by atomic mass is 10.1. The number of nitrogens with zero attached hydrogens (tertiary/aromatic N) is 4. The second-order valence-corrected chi connectivity index (χ2v) is 12.1. The number of rotatable bonds is 8. The first-order valence-corrected chi connectivity index (χ1v) is 14.4. The Balaban J connectivity index is 1.91. The Hall–Kier alpha value is -4.24. The fraction of sp³-hybridized carbons (Fsp3) is 0.231. The Kier molecular flexibility index (Phi) is 8.20. The Morgan fingerprint density at radius 1 is 1.26 bits per heavy atom. The van der Waals surface area contributed by atoms with Gasteiger partial charge in [-0.1, -0.05) is 18.2 Å². The monoisotopic (exact) mass is 627 g/mol. The molecule has 1 aliphatic heterocycles. The molecule has 10 nitrogen and oxygen atoms in total. The number of pyridine rings is 1. The SMILES string of the molecule is C=C1C(C(F)(F)F)C=C(C)N1c1nc(Nc2ccc(F)c(Cl)c2)ncc1-c1cc(C(=O)O)c(=O)n(CCS(C)(=O)=O)c1. The average molecular weight is 628 g/mol.